The van der Waals surface area contributed by atoms with Gasteiger partial charge in [0.25, 0.3) is 0 Å². The van der Waals surface area contributed by atoms with Crippen molar-refractivity contribution < 1.29 is 17.9 Å². The zero-order valence-corrected chi connectivity index (χ0v) is 15.4. The number of hydrogen-bond acceptors (Lipinski definition) is 4. The molecule has 0 saturated carbocycles. The molecular weight excluding hydrogens is 328 g/mol. The highest BCUT2D eigenvalue weighted by Gasteiger charge is 2.20. The lowest BCUT2D eigenvalue weighted by Crippen LogP contribution is -2.36. The summed E-state index contributed by atoms with van der Waals surface area (Å²) in [5, 5.41) is 2.82. The molecule has 1 aromatic rings. The minimum atomic E-state index is -3.45. The van der Waals surface area contributed by atoms with Crippen LogP contribution < -0.4 is 9.62 Å². The Kier molecular flexibility index (Phi) is 6.23. The van der Waals surface area contributed by atoms with Gasteiger partial charge in [-0.2, -0.15) is 0 Å². The van der Waals surface area contributed by atoms with Crippen LogP contribution in [0.1, 0.15) is 30.4 Å². The maximum absolute atomic E-state index is 12.1. The Morgan fingerprint density at radius 2 is 2.08 bits per heavy atom. The highest BCUT2D eigenvalue weighted by Crippen LogP contribution is 2.21. The minimum absolute atomic E-state index is 0.0831. The van der Waals surface area contributed by atoms with Crippen molar-refractivity contribution in [3.63, 3.8) is 0 Å². The number of nitrogens with zero attached hydrogens (tertiary/aromatic N) is 1. The van der Waals surface area contributed by atoms with Crippen LogP contribution in [-0.4, -0.2) is 46.4 Å². The van der Waals surface area contributed by atoms with E-state index in [9.17, 15) is 13.2 Å². The number of hydrogen-bond donors (Lipinski definition) is 1. The van der Waals surface area contributed by atoms with E-state index in [1.807, 2.05) is 26.0 Å². The van der Waals surface area contributed by atoms with Crippen molar-refractivity contribution in [2.45, 2.75) is 39.2 Å². The number of sulfonamides is 1. The van der Waals surface area contributed by atoms with Crippen molar-refractivity contribution >= 4 is 21.6 Å². The van der Waals surface area contributed by atoms with Gasteiger partial charge in [0.1, 0.15) is 0 Å². The molecule has 0 radical (unpaired) electrons. The minimum Gasteiger partial charge on any atom is -0.376 e. The second kappa shape index (κ2) is 7.98. The molecule has 1 amide bonds. The molecular formula is C17H26N2O4S. The number of nitrogens with one attached hydrogen (secondary N) is 1. The lowest BCUT2D eigenvalue weighted by Gasteiger charge is -2.23. The fraction of sp³-hybridized carbons (Fsp3) is 0.588. The Balaban J connectivity index is 1.96. The van der Waals surface area contributed by atoms with Crippen LogP contribution in [0.4, 0.5) is 5.69 Å². The maximum atomic E-state index is 12.1. The van der Waals surface area contributed by atoms with E-state index >= 15 is 0 Å². The number of benzene rings is 1. The van der Waals surface area contributed by atoms with Gasteiger partial charge in [-0.1, -0.05) is 6.07 Å². The van der Waals surface area contributed by atoms with Gasteiger partial charge >= 0.3 is 0 Å². The molecule has 1 heterocycles. The van der Waals surface area contributed by atoms with Gasteiger partial charge in [-0.3, -0.25) is 9.10 Å². The average molecular weight is 354 g/mol. The molecule has 2 rings (SSSR count). The first-order valence-electron chi connectivity index (χ1n) is 8.20. The predicted octanol–water partition coefficient (Wildman–Crippen LogP) is 1.75. The zero-order chi connectivity index (χ0) is 17.7. The molecule has 0 aliphatic carbocycles. The first-order valence-corrected chi connectivity index (χ1v) is 10.1. The van der Waals surface area contributed by atoms with Crippen molar-refractivity contribution in [3.8, 4) is 0 Å². The van der Waals surface area contributed by atoms with Crippen LogP contribution in [0.2, 0.25) is 0 Å². The third kappa shape index (κ3) is 5.21. The first-order chi connectivity index (χ1) is 11.3. The number of carbonyl (C=O) groups excluding carboxylic acids is 1. The summed E-state index contributed by atoms with van der Waals surface area (Å²) >= 11 is 0. The number of amides is 1. The van der Waals surface area contributed by atoms with Gasteiger partial charge in [-0.15, -0.1) is 0 Å². The van der Waals surface area contributed by atoms with Crippen LogP contribution >= 0.6 is 0 Å². The Bertz CT molecular complexity index is 682. The topological polar surface area (TPSA) is 75.7 Å². The van der Waals surface area contributed by atoms with E-state index in [0.29, 0.717) is 12.2 Å². The molecule has 7 heteroatoms. The Hall–Kier alpha value is -1.60. The highest BCUT2D eigenvalue weighted by atomic mass is 32.2. The quantitative estimate of drug-likeness (QED) is 0.809. The number of aryl methyl sites for hydroxylation is 2. The standard InChI is InChI=1S/C17H26N2O4S/c1-13-6-7-15(11-14(13)2)19(24(3,21)22)9-8-17(20)18-12-16-5-4-10-23-16/h6-7,11,16H,4-5,8-10,12H2,1-3H3,(H,18,20). The monoisotopic (exact) mass is 354 g/mol. The molecule has 1 fully saturated rings. The van der Waals surface area contributed by atoms with Crippen molar-refractivity contribution in [1.29, 1.82) is 0 Å². The molecule has 1 aliphatic heterocycles. The summed E-state index contributed by atoms with van der Waals surface area (Å²) in [4.78, 5) is 12.0. The molecule has 134 valence electrons. The number of carbonyl (C=O) groups is 1. The Morgan fingerprint density at radius 1 is 1.33 bits per heavy atom. The molecule has 1 aliphatic rings. The SMILES string of the molecule is Cc1ccc(N(CCC(=O)NCC2CCCO2)S(C)(=O)=O)cc1C. The van der Waals surface area contributed by atoms with Crippen LogP contribution in [0.3, 0.4) is 0 Å². The van der Waals surface area contributed by atoms with Gasteiger partial charge in [-0.25, -0.2) is 8.42 Å². The summed E-state index contributed by atoms with van der Waals surface area (Å²) in [6, 6.07) is 5.49. The van der Waals surface area contributed by atoms with Crippen LogP contribution in [-0.2, 0) is 19.6 Å². The van der Waals surface area contributed by atoms with Gasteiger partial charge in [0.15, 0.2) is 0 Å². The van der Waals surface area contributed by atoms with Gasteiger partial charge in [0, 0.05) is 26.1 Å². The molecule has 1 unspecified atom stereocenters. The summed E-state index contributed by atoms with van der Waals surface area (Å²) in [6.07, 6.45) is 3.34. The Morgan fingerprint density at radius 3 is 2.67 bits per heavy atom. The smallest absolute Gasteiger partial charge is 0.232 e. The largest absolute Gasteiger partial charge is 0.376 e. The summed E-state index contributed by atoms with van der Waals surface area (Å²) in [5.41, 5.74) is 2.71. The molecule has 1 atom stereocenters. The van der Waals surface area contributed by atoms with Crippen molar-refractivity contribution in [1.82, 2.24) is 5.32 Å². The second-order valence-corrected chi connectivity index (χ2v) is 8.20. The van der Waals surface area contributed by atoms with Crippen LogP contribution in [0.25, 0.3) is 0 Å². The normalized spacial score (nSPS) is 17.7. The van der Waals surface area contributed by atoms with Gasteiger partial charge in [0.2, 0.25) is 15.9 Å². The molecule has 1 aromatic carbocycles. The van der Waals surface area contributed by atoms with E-state index in [1.54, 1.807) is 6.07 Å². The van der Waals surface area contributed by atoms with Crippen LogP contribution in [0.15, 0.2) is 18.2 Å². The summed E-state index contributed by atoms with van der Waals surface area (Å²) in [7, 11) is -3.45. The summed E-state index contributed by atoms with van der Waals surface area (Å²) in [5.74, 6) is -0.164. The molecule has 24 heavy (non-hydrogen) atoms. The summed E-state index contributed by atoms with van der Waals surface area (Å²) < 4.78 is 30.9. The first kappa shape index (κ1) is 18.7. The van der Waals surface area contributed by atoms with E-state index in [4.69, 9.17) is 4.74 Å². The van der Waals surface area contributed by atoms with Crippen molar-refractivity contribution in [3.05, 3.63) is 29.3 Å². The fourth-order valence-electron chi connectivity index (χ4n) is 2.69. The number of anilines is 1. The second-order valence-electron chi connectivity index (χ2n) is 6.29. The number of ether oxygens (including phenoxy) is 1. The van der Waals surface area contributed by atoms with E-state index < -0.39 is 10.0 Å². The van der Waals surface area contributed by atoms with E-state index in [-0.39, 0.29) is 25.0 Å². The van der Waals surface area contributed by atoms with Crippen molar-refractivity contribution in [2.75, 3.05) is 30.3 Å². The van der Waals surface area contributed by atoms with Gasteiger partial charge in [-0.05, 0) is 49.9 Å². The van der Waals surface area contributed by atoms with Gasteiger partial charge in [0.05, 0.1) is 18.0 Å². The molecule has 1 saturated heterocycles. The van der Waals surface area contributed by atoms with Crippen LogP contribution in [0, 0.1) is 13.8 Å². The number of rotatable bonds is 7. The molecule has 0 spiro atoms. The Labute approximate surface area is 144 Å². The third-order valence-electron chi connectivity index (χ3n) is 4.27. The lowest BCUT2D eigenvalue weighted by atomic mass is 10.1. The fourth-order valence-corrected chi connectivity index (χ4v) is 3.61. The highest BCUT2D eigenvalue weighted by molar-refractivity contribution is 7.92. The summed E-state index contributed by atoms with van der Waals surface area (Å²) in [6.45, 7) is 5.27. The van der Waals surface area contributed by atoms with E-state index in [2.05, 4.69) is 5.32 Å². The van der Waals surface area contributed by atoms with E-state index in [0.717, 1.165) is 36.8 Å². The van der Waals surface area contributed by atoms with Gasteiger partial charge < -0.3 is 10.1 Å². The van der Waals surface area contributed by atoms with Crippen LogP contribution in [0.5, 0.6) is 0 Å². The molecule has 6 nitrogen and oxygen atoms in total. The van der Waals surface area contributed by atoms with Crippen molar-refractivity contribution in [2.24, 2.45) is 0 Å². The third-order valence-corrected chi connectivity index (χ3v) is 5.47. The molecule has 0 aromatic heterocycles. The van der Waals surface area contributed by atoms with E-state index in [1.165, 1.54) is 4.31 Å². The average Bonchev–Trinajstić information content (AvgIpc) is 3.01. The predicted molar refractivity (Wildman–Crippen MR) is 94.7 cm³/mol. The molecule has 0 bridgehead atoms. The lowest BCUT2D eigenvalue weighted by molar-refractivity contribution is -0.121. The maximum Gasteiger partial charge on any atom is 0.232 e. The zero-order valence-electron chi connectivity index (χ0n) is 14.5. The molecule has 1 N–H and O–H groups in total.